The van der Waals surface area contributed by atoms with E-state index >= 15 is 0 Å². The Kier molecular flexibility index (Phi) is 15.5. The van der Waals surface area contributed by atoms with Gasteiger partial charge in [0.05, 0.1) is 0 Å². The summed E-state index contributed by atoms with van der Waals surface area (Å²) in [4.78, 5) is 0. The molecule has 0 saturated carbocycles. The summed E-state index contributed by atoms with van der Waals surface area (Å²) in [6.45, 7) is 4.61. The van der Waals surface area contributed by atoms with Crippen LogP contribution in [-0.2, 0) is 0 Å². The Balaban J connectivity index is 0. The normalized spacial score (nSPS) is 5.67. The second-order valence-electron chi connectivity index (χ2n) is 1.11. The first-order chi connectivity index (χ1) is 2.41. The van der Waals surface area contributed by atoms with Crippen molar-refractivity contribution in [1.29, 1.82) is 0 Å². The molecule has 0 spiro atoms. The van der Waals surface area contributed by atoms with Crippen molar-refractivity contribution in [3.63, 3.8) is 0 Å². The molecule has 0 fully saturated rings. The van der Waals surface area contributed by atoms with E-state index in [1.165, 1.54) is 0 Å². The summed E-state index contributed by atoms with van der Waals surface area (Å²) in [6.07, 6.45) is 0. The second-order valence-corrected chi connectivity index (χ2v) is 9.70. The summed E-state index contributed by atoms with van der Waals surface area (Å²) in [6, 6.07) is 0. The Labute approximate surface area is 51.7 Å². The van der Waals surface area contributed by atoms with Crippen molar-refractivity contribution in [2.75, 3.05) is 0 Å². The van der Waals surface area contributed by atoms with E-state index in [0.29, 0.717) is 0 Å². The first-order valence-electron chi connectivity index (χ1n) is 2.23. The first kappa shape index (κ1) is 9.99. The summed E-state index contributed by atoms with van der Waals surface area (Å²) in [5, 5.41) is 0. The molecule has 0 aromatic carbocycles. The van der Waals surface area contributed by atoms with Crippen molar-refractivity contribution in [2.24, 2.45) is 0 Å². The minimum absolute atomic E-state index is 0. The Hall–Kier alpha value is 0.882. The molecule has 0 unspecified atom stereocenters. The molecule has 0 bridgehead atoms. The predicted molar refractivity (Wildman–Crippen MR) is 30.3 cm³/mol. The molecule has 6 heavy (non-hydrogen) atoms. The van der Waals surface area contributed by atoms with Crippen LogP contribution in [0.3, 0.4) is 0 Å². The number of hydrogen-bond donors (Lipinski definition) is 0. The third-order valence-electron chi connectivity index (χ3n) is 0.577. The van der Waals surface area contributed by atoms with Gasteiger partial charge in [-0.2, -0.15) is 0 Å². The fourth-order valence-electron chi connectivity index (χ4n) is 0.289. The molecule has 37 valence electrons. The number of hydrogen-bond acceptors (Lipinski definition) is 0. The minimum atomic E-state index is -0.0463. The fourth-order valence-corrected chi connectivity index (χ4v) is 2.53. The summed E-state index contributed by atoms with van der Waals surface area (Å²) >= 11 is -0.0463. The van der Waals surface area contributed by atoms with Crippen molar-refractivity contribution < 1.29 is 5.48 Å². The van der Waals surface area contributed by atoms with Crippen molar-refractivity contribution in [3.8, 4) is 0 Å². The predicted octanol–water partition coefficient (Wildman–Crippen LogP) is 0.742. The molecule has 0 radical (unpaired) electrons. The molecule has 0 aliphatic heterocycles. The van der Waals surface area contributed by atoms with Crippen molar-refractivity contribution in [3.05, 3.63) is 0 Å². The molecule has 0 aliphatic carbocycles. The molecule has 0 atom stereocenters. The Morgan fingerprint density at radius 2 is 1.50 bits per heavy atom. The van der Waals surface area contributed by atoms with E-state index in [2.05, 4.69) is 13.8 Å². The molecule has 1 nitrogen and oxygen atoms in total. The zero-order chi connectivity index (χ0) is 4.12. The van der Waals surface area contributed by atoms with Crippen LogP contribution in [0.25, 0.3) is 0 Å². The van der Waals surface area contributed by atoms with Gasteiger partial charge in [0.25, 0.3) is 0 Å². The summed E-state index contributed by atoms with van der Waals surface area (Å²) < 4.78 is 3.10. The van der Waals surface area contributed by atoms with Crippen LogP contribution in [0.4, 0.5) is 0 Å². The van der Waals surface area contributed by atoms with E-state index in [0.717, 1.165) is 0 Å². The van der Waals surface area contributed by atoms with Gasteiger partial charge in [-0.1, -0.05) is 0 Å². The van der Waals surface area contributed by atoms with Gasteiger partial charge in [-0.3, -0.25) is 0 Å². The maximum Gasteiger partial charge on any atom is -0.412 e. The van der Waals surface area contributed by atoms with Crippen molar-refractivity contribution in [2.45, 2.75) is 21.8 Å². The summed E-state index contributed by atoms with van der Waals surface area (Å²) in [5.41, 5.74) is 0. The first-order valence-corrected chi connectivity index (χ1v) is 8.58. The van der Waals surface area contributed by atoms with Crippen LogP contribution in [-0.4, -0.2) is 29.7 Å². The average Bonchev–Trinajstić information content (AvgIpc) is 1.41. The second kappa shape index (κ2) is 9.30. The van der Waals surface area contributed by atoms with Gasteiger partial charge in [-0.15, -0.1) is 0 Å². The van der Waals surface area contributed by atoms with E-state index in [4.69, 9.17) is 0 Å². The maximum absolute atomic E-state index is 2.30. The quantitative estimate of drug-likeness (QED) is 0.669. The van der Waals surface area contributed by atoms with Crippen LogP contribution < -0.4 is 0 Å². The fraction of sp³-hybridized carbons (Fsp3) is 1.00. The van der Waals surface area contributed by atoms with Crippen LogP contribution in [0.15, 0.2) is 0 Å². The van der Waals surface area contributed by atoms with E-state index in [1.54, 1.807) is 7.96 Å². The molecule has 0 amide bonds. The molecular formula is C4H12OTl. The van der Waals surface area contributed by atoms with Gasteiger partial charge < -0.3 is 5.48 Å². The third kappa shape index (κ3) is 8.86. The zero-order valence-corrected chi connectivity index (χ0v) is 8.98. The van der Waals surface area contributed by atoms with Crippen molar-refractivity contribution in [1.82, 2.24) is 0 Å². The van der Waals surface area contributed by atoms with Gasteiger partial charge in [0.15, 0.2) is 0 Å². The molecule has 0 aromatic rings. The summed E-state index contributed by atoms with van der Waals surface area (Å²) in [5.74, 6) is 0. The van der Waals surface area contributed by atoms with Crippen LogP contribution in [0.5, 0.6) is 0 Å². The van der Waals surface area contributed by atoms with Crippen LogP contribution in [0.1, 0.15) is 13.8 Å². The standard InChI is InChI=1S/2C2H5.H2O.Tl/c2*1-2;;/h2*1H2,2H3;1H2;. The molecule has 0 rings (SSSR count). The van der Waals surface area contributed by atoms with Crippen molar-refractivity contribution >= 4 is 24.2 Å². The molecule has 2 heteroatoms. The Morgan fingerprint density at radius 3 is 1.50 bits per heavy atom. The number of rotatable bonds is 2. The molecule has 2 N–H and O–H groups in total. The van der Waals surface area contributed by atoms with Gasteiger partial charge in [0, 0.05) is 0 Å². The molecule has 0 aliphatic rings. The maximum atomic E-state index is 2.30. The third-order valence-corrected chi connectivity index (χ3v) is 5.07. The SMILES string of the molecule is C[CH2][Tl][CH2]C.O. The van der Waals surface area contributed by atoms with E-state index in [9.17, 15) is 0 Å². The smallest absolute Gasteiger partial charge is 0.412 e. The van der Waals surface area contributed by atoms with E-state index in [1.807, 2.05) is 0 Å². The molecular weight excluding hydrogens is 268 g/mol. The van der Waals surface area contributed by atoms with Crippen LogP contribution >= 0.6 is 0 Å². The Bertz CT molecular complexity index is 15.0. The van der Waals surface area contributed by atoms with Crippen LogP contribution in [0.2, 0.25) is 7.96 Å². The minimum Gasteiger partial charge on any atom is -0.412 e. The van der Waals surface area contributed by atoms with Gasteiger partial charge in [-0.05, 0) is 0 Å². The van der Waals surface area contributed by atoms with Gasteiger partial charge >= 0.3 is 46.0 Å². The van der Waals surface area contributed by atoms with E-state index < -0.39 is 0 Å². The monoisotopic (exact) mass is 281 g/mol. The van der Waals surface area contributed by atoms with Gasteiger partial charge in [0.1, 0.15) is 0 Å². The van der Waals surface area contributed by atoms with E-state index in [-0.39, 0.29) is 29.7 Å². The average molecular weight is 281 g/mol. The molecule has 0 aromatic heterocycles. The molecule has 0 heterocycles. The molecule has 0 saturated heterocycles. The van der Waals surface area contributed by atoms with Crippen LogP contribution in [0, 0.1) is 0 Å². The van der Waals surface area contributed by atoms with Gasteiger partial charge in [0.2, 0.25) is 0 Å². The van der Waals surface area contributed by atoms with Gasteiger partial charge in [-0.25, -0.2) is 0 Å². The summed E-state index contributed by atoms with van der Waals surface area (Å²) in [7, 11) is 0. The topological polar surface area (TPSA) is 31.5 Å². The zero-order valence-electron chi connectivity index (χ0n) is 4.49. The largest absolute Gasteiger partial charge is 0.412 e. The Morgan fingerprint density at radius 1 is 1.17 bits per heavy atom.